The van der Waals surface area contributed by atoms with Crippen molar-refractivity contribution in [3.63, 3.8) is 0 Å². The molecule has 2 rings (SSSR count). The maximum absolute atomic E-state index is 10.1. The molecule has 3 unspecified atom stereocenters. The van der Waals surface area contributed by atoms with Crippen molar-refractivity contribution in [2.45, 2.75) is 57.0 Å². The standard InChI is InChI=1S/C12H23NO3/c1-9-5-11(6-10(2)16-9)13-7-12(14)3-4-15-8-12/h9-11,13-14H,3-8H2,1-2H3. The van der Waals surface area contributed by atoms with E-state index in [2.05, 4.69) is 19.2 Å². The van der Waals surface area contributed by atoms with Crippen LogP contribution in [0.15, 0.2) is 0 Å². The van der Waals surface area contributed by atoms with Crippen LogP contribution in [0.25, 0.3) is 0 Å². The van der Waals surface area contributed by atoms with E-state index in [1.165, 1.54) is 0 Å². The molecule has 2 aliphatic rings. The van der Waals surface area contributed by atoms with Gasteiger partial charge in [0, 0.05) is 25.6 Å². The van der Waals surface area contributed by atoms with E-state index in [0.717, 1.165) is 19.3 Å². The third-order valence-corrected chi connectivity index (χ3v) is 3.50. The number of nitrogens with one attached hydrogen (secondary N) is 1. The lowest BCUT2D eigenvalue weighted by Crippen LogP contribution is -2.48. The molecule has 2 heterocycles. The third-order valence-electron chi connectivity index (χ3n) is 3.50. The van der Waals surface area contributed by atoms with Gasteiger partial charge in [0.25, 0.3) is 0 Å². The van der Waals surface area contributed by atoms with Crippen molar-refractivity contribution < 1.29 is 14.6 Å². The molecule has 2 aliphatic heterocycles. The first-order valence-electron chi connectivity index (χ1n) is 6.26. The van der Waals surface area contributed by atoms with E-state index < -0.39 is 5.60 Å². The van der Waals surface area contributed by atoms with Crippen LogP contribution in [0.3, 0.4) is 0 Å². The fraction of sp³-hybridized carbons (Fsp3) is 1.00. The average Bonchev–Trinajstić information content (AvgIpc) is 2.62. The largest absolute Gasteiger partial charge is 0.386 e. The van der Waals surface area contributed by atoms with Gasteiger partial charge in [-0.05, 0) is 26.7 Å². The zero-order valence-electron chi connectivity index (χ0n) is 10.2. The van der Waals surface area contributed by atoms with Gasteiger partial charge in [-0.25, -0.2) is 0 Å². The van der Waals surface area contributed by atoms with Gasteiger partial charge in [-0.1, -0.05) is 0 Å². The van der Waals surface area contributed by atoms with Crippen molar-refractivity contribution in [3.05, 3.63) is 0 Å². The Hall–Kier alpha value is -0.160. The molecule has 0 aromatic heterocycles. The lowest BCUT2D eigenvalue weighted by atomic mass is 9.97. The Labute approximate surface area is 97.3 Å². The maximum Gasteiger partial charge on any atom is 0.102 e. The monoisotopic (exact) mass is 229 g/mol. The van der Waals surface area contributed by atoms with Crippen molar-refractivity contribution >= 4 is 0 Å². The highest BCUT2D eigenvalue weighted by Crippen LogP contribution is 2.21. The fourth-order valence-electron chi connectivity index (χ4n) is 2.64. The average molecular weight is 229 g/mol. The first-order chi connectivity index (χ1) is 7.57. The quantitative estimate of drug-likeness (QED) is 0.747. The fourth-order valence-corrected chi connectivity index (χ4v) is 2.64. The topological polar surface area (TPSA) is 50.7 Å². The molecule has 4 heteroatoms. The molecular weight excluding hydrogens is 206 g/mol. The molecule has 0 radical (unpaired) electrons. The van der Waals surface area contributed by atoms with Gasteiger partial charge in [-0.15, -0.1) is 0 Å². The number of rotatable bonds is 3. The van der Waals surface area contributed by atoms with Gasteiger partial charge in [0.2, 0.25) is 0 Å². The molecule has 3 atom stereocenters. The Morgan fingerprint density at radius 3 is 2.56 bits per heavy atom. The zero-order valence-corrected chi connectivity index (χ0v) is 10.2. The second kappa shape index (κ2) is 5.00. The highest BCUT2D eigenvalue weighted by atomic mass is 16.5. The van der Waals surface area contributed by atoms with E-state index >= 15 is 0 Å². The highest BCUT2D eigenvalue weighted by molar-refractivity contribution is 4.88. The van der Waals surface area contributed by atoms with Crippen LogP contribution in [-0.2, 0) is 9.47 Å². The van der Waals surface area contributed by atoms with Crippen LogP contribution in [0.4, 0.5) is 0 Å². The number of ether oxygens (including phenoxy) is 2. The van der Waals surface area contributed by atoms with Crippen molar-refractivity contribution in [3.8, 4) is 0 Å². The van der Waals surface area contributed by atoms with Crippen LogP contribution in [0.1, 0.15) is 33.1 Å². The number of hydrogen-bond acceptors (Lipinski definition) is 4. The lowest BCUT2D eigenvalue weighted by Gasteiger charge is -2.34. The Bertz CT molecular complexity index is 218. The summed E-state index contributed by atoms with van der Waals surface area (Å²) in [7, 11) is 0. The van der Waals surface area contributed by atoms with E-state index in [9.17, 15) is 5.11 Å². The predicted molar refractivity (Wildman–Crippen MR) is 61.4 cm³/mol. The van der Waals surface area contributed by atoms with Crippen LogP contribution >= 0.6 is 0 Å². The molecular formula is C12H23NO3. The lowest BCUT2D eigenvalue weighted by molar-refractivity contribution is -0.0472. The van der Waals surface area contributed by atoms with Crippen molar-refractivity contribution in [2.24, 2.45) is 0 Å². The van der Waals surface area contributed by atoms with Crippen LogP contribution in [0, 0.1) is 0 Å². The molecule has 0 aromatic carbocycles. The van der Waals surface area contributed by atoms with Crippen molar-refractivity contribution in [1.82, 2.24) is 5.32 Å². The summed E-state index contributed by atoms with van der Waals surface area (Å²) in [5, 5.41) is 13.6. The second-order valence-corrected chi connectivity index (χ2v) is 5.33. The molecule has 94 valence electrons. The number of hydrogen-bond donors (Lipinski definition) is 2. The summed E-state index contributed by atoms with van der Waals surface area (Å²) in [5.41, 5.74) is -0.648. The first-order valence-corrected chi connectivity index (χ1v) is 6.26. The molecule has 2 N–H and O–H groups in total. The summed E-state index contributed by atoms with van der Waals surface area (Å²) in [5.74, 6) is 0. The smallest absolute Gasteiger partial charge is 0.102 e. The molecule has 0 amide bonds. The van der Waals surface area contributed by atoms with Crippen LogP contribution in [-0.4, -0.2) is 48.7 Å². The van der Waals surface area contributed by atoms with E-state index in [4.69, 9.17) is 9.47 Å². The van der Waals surface area contributed by atoms with Gasteiger partial charge >= 0.3 is 0 Å². The Morgan fingerprint density at radius 1 is 1.31 bits per heavy atom. The summed E-state index contributed by atoms with van der Waals surface area (Å²) in [4.78, 5) is 0. The summed E-state index contributed by atoms with van der Waals surface area (Å²) in [6.07, 6.45) is 3.43. The molecule has 0 spiro atoms. The molecule has 0 aliphatic carbocycles. The van der Waals surface area contributed by atoms with Crippen LogP contribution in [0.5, 0.6) is 0 Å². The van der Waals surface area contributed by atoms with Crippen molar-refractivity contribution in [2.75, 3.05) is 19.8 Å². The molecule has 16 heavy (non-hydrogen) atoms. The summed E-state index contributed by atoms with van der Waals surface area (Å²) < 4.78 is 10.9. The van der Waals surface area contributed by atoms with Gasteiger partial charge < -0.3 is 19.9 Å². The normalized spacial score (nSPS) is 44.8. The molecule has 4 nitrogen and oxygen atoms in total. The molecule has 2 fully saturated rings. The second-order valence-electron chi connectivity index (χ2n) is 5.33. The van der Waals surface area contributed by atoms with E-state index in [-0.39, 0.29) is 0 Å². The summed E-state index contributed by atoms with van der Waals surface area (Å²) in [6.45, 7) is 6.00. The van der Waals surface area contributed by atoms with Gasteiger partial charge in [0.05, 0.1) is 18.8 Å². The van der Waals surface area contributed by atoms with Gasteiger partial charge in [0.1, 0.15) is 5.60 Å². The molecule has 0 saturated carbocycles. The van der Waals surface area contributed by atoms with Crippen LogP contribution in [0.2, 0.25) is 0 Å². The van der Waals surface area contributed by atoms with Gasteiger partial charge in [0.15, 0.2) is 0 Å². The van der Waals surface area contributed by atoms with Crippen LogP contribution < -0.4 is 5.32 Å². The van der Waals surface area contributed by atoms with Gasteiger partial charge in [-0.2, -0.15) is 0 Å². The Kier molecular flexibility index (Phi) is 3.85. The maximum atomic E-state index is 10.1. The minimum Gasteiger partial charge on any atom is -0.386 e. The predicted octanol–water partition coefficient (Wildman–Crippen LogP) is 0.683. The highest BCUT2D eigenvalue weighted by Gasteiger charge is 2.33. The van der Waals surface area contributed by atoms with E-state index in [1.54, 1.807) is 0 Å². The Balaban J connectivity index is 1.76. The SMILES string of the molecule is CC1CC(NCC2(O)CCOC2)CC(C)O1. The minimum absolute atomic E-state index is 0.315. The zero-order chi connectivity index (χ0) is 11.6. The summed E-state index contributed by atoms with van der Waals surface area (Å²) in [6, 6.07) is 0.461. The number of aliphatic hydroxyl groups is 1. The third kappa shape index (κ3) is 3.17. The molecule has 0 bridgehead atoms. The molecule has 2 saturated heterocycles. The molecule has 0 aromatic rings. The first kappa shape index (κ1) is 12.3. The van der Waals surface area contributed by atoms with Crippen molar-refractivity contribution in [1.29, 1.82) is 0 Å². The Morgan fingerprint density at radius 2 is 2.00 bits per heavy atom. The summed E-state index contributed by atoms with van der Waals surface area (Å²) >= 11 is 0. The van der Waals surface area contributed by atoms with E-state index in [1.807, 2.05) is 0 Å². The van der Waals surface area contributed by atoms with Gasteiger partial charge in [-0.3, -0.25) is 0 Å². The van der Waals surface area contributed by atoms with E-state index in [0.29, 0.717) is 38.0 Å². The minimum atomic E-state index is -0.648.